The van der Waals surface area contributed by atoms with Gasteiger partial charge in [-0.1, -0.05) is 18.0 Å². The number of carbonyl (C=O) groups is 1. The van der Waals surface area contributed by atoms with Crippen LogP contribution in [0.2, 0.25) is 5.02 Å². The number of nitrogens with two attached hydrogens (primary N) is 1. The van der Waals surface area contributed by atoms with Crippen LogP contribution in [0.5, 0.6) is 0 Å². The van der Waals surface area contributed by atoms with E-state index < -0.39 is 0 Å². The zero-order chi connectivity index (χ0) is 21.8. The average molecular weight is 440 g/mol. The lowest BCUT2D eigenvalue weighted by Gasteiger charge is -2.33. The number of halogens is 1. The van der Waals surface area contributed by atoms with E-state index in [2.05, 4.69) is 17.1 Å². The zero-order valence-corrected chi connectivity index (χ0v) is 18.7. The first-order valence-corrected chi connectivity index (χ1v) is 11.4. The van der Waals surface area contributed by atoms with Gasteiger partial charge >= 0.3 is 0 Å². The summed E-state index contributed by atoms with van der Waals surface area (Å²) in [6.07, 6.45) is 5.93. The lowest BCUT2D eigenvalue weighted by molar-refractivity contribution is -0.108. The second-order valence-electron chi connectivity index (χ2n) is 8.31. The first-order valence-electron chi connectivity index (χ1n) is 11.0. The van der Waals surface area contributed by atoms with E-state index in [1.807, 2.05) is 34.9 Å². The number of rotatable bonds is 8. The molecule has 1 aliphatic rings. The molecule has 2 aromatic carbocycles. The molecule has 0 bridgehead atoms. The first-order chi connectivity index (χ1) is 15.1. The molecule has 0 aliphatic carbocycles. The van der Waals surface area contributed by atoms with E-state index in [1.165, 1.54) is 25.8 Å². The maximum absolute atomic E-state index is 11.3. The molecule has 1 aromatic heterocycles. The molecule has 0 saturated carbocycles. The third kappa shape index (κ3) is 4.86. The van der Waals surface area contributed by atoms with Gasteiger partial charge in [0.05, 0.1) is 17.6 Å². The highest BCUT2D eigenvalue weighted by atomic mass is 35.5. The minimum absolute atomic E-state index is 0.192. The number of imidazole rings is 1. The summed E-state index contributed by atoms with van der Waals surface area (Å²) >= 11 is 6.17. The molecule has 3 aromatic rings. The van der Waals surface area contributed by atoms with Gasteiger partial charge in [0, 0.05) is 41.1 Å². The number of hydrogen-bond acceptors (Lipinski definition) is 5. The zero-order valence-electron chi connectivity index (χ0n) is 18.0. The molecule has 31 heavy (non-hydrogen) atoms. The molecule has 3 N–H and O–H groups in total. The number of carbonyl (C=O) groups excluding carboxylic acids is 1. The summed E-state index contributed by atoms with van der Waals surface area (Å²) in [5.41, 5.74) is 10.3. The van der Waals surface area contributed by atoms with E-state index in [0.29, 0.717) is 22.6 Å². The molecule has 4 rings (SSSR count). The smallest absolute Gasteiger partial charge is 0.143 e. The average Bonchev–Trinajstić information content (AvgIpc) is 3.11. The maximum atomic E-state index is 11.3. The number of nitrogens with zero attached hydrogens (tertiary/aromatic N) is 3. The fraction of sp³-hybridized carbons (Fsp3) is 0.417. The Morgan fingerprint density at radius 3 is 2.94 bits per heavy atom. The van der Waals surface area contributed by atoms with E-state index in [4.69, 9.17) is 22.3 Å². The molecule has 2 heterocycles. The SMILES string of the molecule is CC1CCCCN1CCCNc1ccc(N)c(-c2nc3ccc(Cl)cc3n2CC=O)c1. The Bertz CT molecular complexity index is 1060. The number of piperidine rings is 1. The maximum Gasteiger partial charge on any atom is 0.143 e. The second-order valence-corrected chi connectivity index (χ2v) is 8.75. The van der Waals surface area contributed by atoms with Crippen molar-refractivity contribution >= 4 is 40.3 Å². The van der Waals surface area contributed by atoms with Crippen molar-refractivity contribution in [2.24, 2.45) is 0 Å². The minimum atomic E-state index is 0.192. The highest BCUT2D eigenvalue weighted by Crippen LogP contribution is 2.32. The van der Waals surface area contributed by atoms with Gasteiger partial charge < -0.3 is 25.3 Å². The number of aldehydes is 1. The monoisotopic (exact) mass is 439 g/mol. The van der Waals surface area contributed by atoms with Crippen molar-refractivity contribution in [3.8, 4) is 11.4 Å². The second kappa shape index (κ2) is 9.71. The lowest BCUT2D eigenvalue weighted by atomic mass is 10.0. The molecule has 1 atom stereocenters. The minimum Gasteiger partial charge on any atom is -0.398 e. The third-order valence-corrected chi connectivity index (χ3v) is 6.39. The van der Waals surface area contributed by atoms with Crippen molar-refractivity contribution in [1.29, 1.82) is 0 Å². The number of nitrogen functional groups attached to an aromatic ring is 1. The van der Waals surface area contributed by atoms with Gasteiger partial charge in [-0.2, -0.15) is 0 Å². The van der Waals surface area contributed by atoms with Crippen LogP contribution in [-0.2, 0) is 11.3 Å². The Hall–Kier alpha value is -2.57. The van der Waals surface area contributed by atoms with Crippen LogP contribution < -0.4 is 11.1 Å². The number of anilines is 2. The number of nitrogens with one attached hydrogen (secondary N) is 1. The van der Waals surface area contributed by atoms with Crippen molar-refractivity contribution in [2.45, 2.75) is 45.2 Å². The summed E-state index contributed by atoms with van der Waals surface area (Å²) in [5.74, 6) is 0.674. The van der Waals surface area contributed by atoms with Crippen molar-refractivity contribution < 1.29 is 4.79 Å². The van der Waals surface area contributed by atoms with Crippen LogP contribution in [0.1, 0.15) is 32.6 Å². The standard InChI is InChI=1S/C24H30ClN5O/c1-17-5-2-3-11-29(17)12-4-10-27-19-7-8-21(26)20(16-19)24-28-22-9-6-18(25)15-23(22)30(24)13-14-31/h6-9,14-17,27H,2-5,10-13,26H2,1H3. The molecule has 1 unspecified atom stereocenters. The van der Waals surface area contributed by atoms with Gasteiger partial charge in [-0.15, -0.1) is 0 Å². The predicted octanol–water partition coefficient (Wildman–Crippen LogP) is 4.81. The quantitative estimate of drug-likeness (QED) is 0.299. The lowest BCUT2D eigenvalue weighted by Crippen LogP contribution is -2.38. The summed E-state index contributed by atoms with van der Waals surface area (Å²) in [6, 6.07) is 12.1. The van der Waals surface area contributed by atoms with Crippen LogP contribution in [0.3, 0.4) is 0 Å². The van der Waals surface area contributed by atoms with Crippen molar-refractivity contribution in [1.82, 2.24) is 14.5 Å². The van der Waals surface area contributed by atoms with Gasteiger partial charge in [-0.3, -0.25) is 0 Å². The number of hydrogen-bond donors (Lipinski definition) is 2. The Morgan fingerprint density at radius 1 is 1.26 bits per heavy atom. The Labute approximate surface area is 188 Å². The van der Waals surface area contributed by atoms with E-state index in [9.17, 15) is 4.79 Å². The topological polar surface area (TPSA) is 76.2 Å². The molecular formula is C24H30ClN5O. The first kappa shape index (κ1) is 21.7. The largest absolute Gasteiger partial charge is 0.398 e. The molecule has 6 nitrogen and oxygen atoms in total. The van der Waals surface area contributed by atoms with Crippen LogP contribution in [0.4, 0.5) is 11.4 Å². The van der Waals surface area contributed by atoms with Gasteiger partial charge in [0.25, 0.3) is 0 Å². The van der Waals surface area contributed by atoms with Gasteiger partial charge in [-0.05, 0) is 69.1 Å². The highest BCUT2D eigenvalue weighted by Gasteiger charge is 2.18. The molecular weight excluding hydrogens is 410 g/mol. The van der Waals surface area contributed by atoms with E-state index in [0.717, 1.165) is 48.1 Å². The molecule has 1 saturated heterocycles. The third-order valence-electron chi connectivity index (χ3n) is 6.15. The predicted molar refractivity (Wildman–Crippen MR) is 129 cm³/mol. The van der Waals surface area contributed by atoms with E-state index >= 15 is 0 Å². The van der Waals surface area contributed by atoms with E-state index in [-0.39, 0.29) is 6.54 Å². The Balaban J connectivity index is 1.51. The van der Waals surface area contributed by atoms with Crippen LogP contribution in [0.15, 0.2) is 36.4 Å². The summed E-state index contributed by atoms with van der Waals surface area (Å²) in [6.45, 7) is 5.75. The number of fused-ring (bicyclic) bond motifs is 1. The van der Waals surface area contributed by atoms with E-state index in [1.54, 1.807) is 6.07 Å². The summed E-state index contributed by atoms with van der Waals surface area (Å²) in [5, 5.41) is 4.13. The highest BCUT2D eigenvalue weighted by molar-refractivity contribution is 6.31. The molecule has 164 valence electrons. The van der Waals surface area contributed by atoms with Gasteiger partial charge in [0.1, 0.15) is 12.1 Å². The molecule has 7 heteroatoms. The normalized spacial score (nSPS) is 17.2. The molecule has 0 amide bonds. The Morgan fingerprint density at radius 2 is 2.13 bits per heavy atom. The fourth-order valence-electron chi connectivity index (χ4n) is 4.43. The molecule has 0 radical (unpaired) electrons. The van der Waals surface area contributed by atoms with Crippen LogP contribution in [0.25, 0.3) is 22.4 Å². The van der Waals surface area contributed by atoms with Gasteiger partial charge in [-0.25, -0.2) is 4.98 Å². The van der Waals surface area contributed by atoms with Crippen LogP contribution in [0, 0.1) is 0 Å². The van der Waals surface area contributed by atoms with Gasteiger partial charge in [0.2, 0.25) is 0 Å². The van der Waals surface area contributed by atoms with Crippen molar-refractivity contribution in [3.05, 3.63) is 41.4 Å². The van der Waals surface area contributed by atoms with Crippen molar-refractivity contribution in [2.75, 3.05) is 30.7 Å². The number of likely N-dealkylation sites (tertiary alicyclic amines) is 1. The molecule has 1 aliphatic heterocycles. The number of aromatic nitrogens is 2. The van der Waals surface area contributed by atoms with Gasteiger partial charge in [0.15, 0.2) is 0 Å². The van der Waals surface area contributed by atoms with Crippen LogP contribution in [-0.4, -0.2) is 46.4 Å². The van der Waals surface area contributed by atoms with Crippen LogP contribution >= 0.6 is 11.6 Å². The fourth-order valence-corrected chi connectivity index (χ4v) is 4.59. The Kier molecular flexibility index (Phi) is 6.78. The summed E-state index contributed by atoms with van der Waals surface area (Å²) in [4.78, 5) is 18.7. The van der Waals surface area contributed by atoms with Crippen molar-refractivity contribution in [3.63, 3.8) is 0 Å². The summed E-state index contributed by atoms with van der Waals surface area (Å²) in [7, 11) is 0. The number of benzene rings is 2. The molecule has 1 fully saturated rings. The summed E-state index contributed by atoms with van der Waals surface area (Å²) < 4.78 is 1.86. The molecule has 0 spiro atoms.